The summed E-state index contributed by atoms with van der Waals surface area (Å²) in [6.07, 6.45) is 3.56. The molecule has 1 aromatic carbocycles. The molecule has 3 rings (SSSR count). The van der Waals surface area contributed by atoms with E-state index in [0.717, 1.165) is 29.9 Å². The molecule has 0 spiro atoms. The average Bonchev–Trinajstić information content (AvgIpc) is 3.28. The number of nitrogens with zero attached hydrogens (tertiary/aromatic N) is 2. The lowest BCUT2D eigenvalue weighted by molar-refractivity contribution is 0.576. The fraction of sp³-hybridized carbons (Fsp3) is 0.471. The van der Waals surface area contributed by atoms with E-state index in [9.17, 15) is 0 Å². The van der Waals surface area contributed by atoms with Crippen LogP contribution >= 0.6 is 11.6 Å². The fourth-order valence-electron chi connectivity index (χ4n) is 2.78. The monoisotopic (exact) mass is 303 g/mol. The molecule has 1 unspecified atom stereocenters. The number of benzene rings is 1. The Bertz CT molecular complexity index is 602. The first-order chi connectivity index (χ1) is 10.1. The molecule has 1 atom stereocenters. The first-order valence-electron chi connectivity index (χ1n) is 7.61. The van der Waals surface area contributed by atoms with Gasteiger partial charge in [-0.15, -0.1) is 0 Å². The average molecular weight is 304 g/mol. The summed E-state index contributed by atoms with van der Waals surface area (Å²) in [5, 5.41) is 8.84. The third-order valence-electron chi connectivity index (χ3n) is 4.22. The van der Waals surface area contributed by atoms with Crippen LogP contribution in [0.4, 0.5) is 0 Å². The van der Waals surface area contributed by atoms with E-state index >= 15 is 0 Å². The zero-order chi connectivity index (χ0) is 14.8. The summed E-state index contributed by atoms with van der Waals surface area (Å²) in [6, 6.07) is 11.4. The molecule has 3 nitrogen and oxygen atoms in total. The fourth-order valence-corrected chi connectivity index (χ4v) is 3.03. The first kappa shape index (κ1) is 14.6. The van der Waals surface area contributed by atoms with Crippen LogP contribution in [0.25, 0.3) is 0 Å². The van der Waals surface area contributed by atoms with Gasteiger partial charge in [0.05, 0.1) is 5.69 Å². The van der Waals surface area contributed by atoms with Crippen molar-refractivity contribution in [2.24, 2.45) is 7.05 Å². The largest absolute Gasteiger partial charge is 0.313 e. The van der Waals surface area contributed by atoms with Gasteiger partial charge in [-0.25, -0.2) is 0 Å². The molecule has 0 amide bonds. The minimum atomic E-state index is 0.437. The van der Waals surface area contributed by atoms with Crippen LogP contribution in [-0.4, -0.2) is 22.4 Å². The Morgan fingerprint density at radius 1 is 1.33 bits per heavy atom. The van der Waals surface area contributed by atoms with Crippen LogP contribution in [0.5, 0.6) is 0 Å². The van der Waals surface area contributed by atoms with Gasteiger partial charge < -0.3 is 5.32 Å². The van der Waals surface area contributed by atoms with Crippen molar-refractivity contribution in [2.75, 3.05) is 6.54 Å². The van der Waals surface area contributed by atoms with Crippen LogP contribution in [0.1, 0.15) is 35.6 Å². The molecule has 1 aliphatic carbocycles. The minimum Gasteiger partial charge on any atom is -0.313 e. The molecule has 1 saturated carbocycles. The SMILES string of the molecule is Cc1nn(C)c(Cl)c1CC(CNC1CC1)c1ccccc1. The van der Waals surface area contributed by atoms with Gasteiger partial charge >= 0.3 is 0 Å². The number of hydrogen-bond donors (Lipinski definition) is 1. The van der Waals surface area contributed by atoms with Gasteiger partial charge in [-0.1, -0.05) is 41.9 Å². The van der Waals surface area contributed by atoms with Crippen molar-refractivity contribution >= 4 is 11.6 Å². The van der Waals surface area contributed by atoms with E-state index < -0.39 is 0 Å². The third-order valence-corrected chi connectivity index (χ3v) is 4.69. The molecule has 0 radical (unpaired) electrons. The van der Waals surface area contributed by atoms with Gasteiger partial charge in [0.15, 0.2) is 0 Å². The van der Waals surface area contributed by atoms with E-state index in [1.165, 1.54) is 24.0 Å². The summed E-state index contributed by atoms with van der Waals surface area (Å²) in [4.78, 5) is 0. The molecule has 0 saturated heterocycles. The van der Waals surface area contributed by atoms with Crippen LogP contribution in [0.15, 0.2) is 30.3 Å². The number of nitrogens with one attached hydrogen (secondary N) is 1. The number of aryl methyl sites for hydroxylation is 2. The summed E-state index contributed by atoms with van der Waals surface area (Å²) >= 11 is 6.40. The zero-order valence-electron chi connectivity index (χ0n) is 12.6. The molecule has 1 aromatic heterocycles. The van der Waals surface area contributed by atoms with Crippen LogP contribution in [0.3, 0.4) is 0 Å². The second-order valence-electron chi connectivity index (χ2n) is 5.97. The lowest BCUT2D eigenvalue weighted by Crippen LogP contribution is -2.25. The van der Waals surface area contributed by atoms with E-state index in [1.54, 1.807) is 4.68 Å². The molecule has 1 fully saturated rings. The first-order valence-corrected chi connectivity index (χ1v) is 7.99. The molecule has 1 aliphatic rings. The van der Waals surface area contributed by atoms with Crippen LogP contribution in [0.2, 0.25) is 5.15 Å². The standard InChI is InChI=1S/C17H22ClN3/c1-12-16(17(18)21(2)20-12)10-14(11-19-15-8-9-15)13-6-4-3-5-7-13/h3-7,14-15,19H,8-11H2,1-2H3. The van der Waals surface area contributed by atoms with Crippen LogP contribution in [-0.2, 0) is 13.5 Å². The van der Waals surface area contributed by atoms with Crippen molar-refractivity contribution in [1.29, 1.82) is 0 Å². The van der Waals surface area contributed by atoms with E-state index in [4.69, 9.17) is 11.6 Å². The van der Waals surface area contributed by atoms with E-state index in [0.29, 0.717) is 5.92 Å². The highest BCUT2D eigenvalue weighted by Crippen LogP contribution is 2.28. The Kier molecular flexibility index (Phi) is 4.32. The Morgan fingerprint density at radius 3 is 2.62 bits per heavy atom. The topological polar surface area (TPSA) is 29.9 Å². The van der Waals surface area contributed by atoms with Gasteiger partial charge in [0, 0.05) is 31.1 Å². The normalized spacial score (nSPS) is 16.1. The van der Waals surface area contributed by atoms with Crippen molar-refractivity contribution in [3.05, 3.63) is 52.3 Å². The van der Waals surface area contributed by atoms with Gasteiger partial charge in [0.2, 0.25) is 0 Å². The smallest absolute Gasteiger partial charge is 0.130 e. The summed E-state index contributed by atoms with van der Waals surface area (Å²) in [6.45, 7) is 3.04. The molecule has 21 heavy (non-hydrogen) atoms. The number of halogens is 1. The third kappa shape index (κ3) is 3.47. The lowest BCUT2D eigenvalue weighted by atomic mass is 9.92. The van der Waals surface area contributed by atoms with Crippen molar-refractivity contribution in [1.82, 2.24) is 15.1 Å². The predicted molar refractivity (Wildman–Crippen MR) is 86.9 cm³/mol. The number of rotatable bonds is 6. The van der Waals surface area contributed by atoms with Crippen molar-refractivity contribution in [3.63, 3.8) is 0 Å². The van der Waals surface area contributed by atoms with Gasteiger partial charge in [0.1, 0.15) is 5.15 Å². The van der Waals surface area contributed by atoms with Crippen LogP contribution in [0, 0.1) is 6.92 Å². The van der Waals surface area contributed by atoms with E-state index in [-0.39, 0.29) is 0 Å². The molecule has 4 heteroatoms. The second kappa shape index (κ2) is 6.20. The number of hydrogen-bond acceptors (Lipinski definition) is 2. The maximum atomic E-state index is 6.40. The van der Waals surface area contributed by atoms with Gasteiger partial charge in [-0.2, -0.15) is 5.10 Å². The predicted octanol–water partition coefficient (Wildman–Crippen LogP) is 3.46. The highest BCUT2D eigenvalue weighted by Gasteiger charge is 2.24. The number of aromatic nitrogens is 2. The van der Waals surface area contributed by atoms with Gasteiger partial charge in [-0.3, -0.25) is 4.68 Å². The molecule has 0 aliphatic heterocycles. The van der Waals surface area contributed by atoms with Crippen molar-refractivity contribution < 1.29 is 0 Å². The summed E-state index contributed by atoms with van der Waals surface area (Å²) in [5.41, 5.74) is 3.57. The van der Waals surface area contributed by atoms with Crippen molar-refractivity contribution in [2.45, 2.75) is 38.1 Å². The van der Waals surface area contributed by atoms with Crippen molar-refractivity contribution in [3.8, 4) is 0 Å². The molecule has 2 aromatic rings. The molecule has 1 N–H and O–H groups in total. The summed E-state index contributed by atoms with van der Waals surface area (Å²) < 4.78 is 1.77. The highest BCUT2D eigenvalue weighted by atomic mass is 35.5. The molecular formula is C17H22ClN3. The minimum absolute atomic E-state index is 0.437. The van der Waals surface area contributed by atoms with E-state index in [2.05, 4.69) is 40.7 Å². The van der Waals surface area contributed by atoms with Gasteiger partial charge in [0.25, 0.3) is 0 Å². The molecule has 0 bridgehead atoms. The molecule has 1 heterocycles. The molecular weight excluding hydrogens is 282 g/mol. The Hall–Kier alpha value is -1.32. The Balaban J connectivity index is 1.80. The Morgan fingerprint density at radius 2 is 2.05 bits per heavy atom. The highest BCUT2D eigenvalue weighted by molar-refractivity contribution is 6.30. The second-order valence-corrected chi connectivity index (χ2v) is 6.33. The summed E-state index contributed by atoms with van der Waals surface area (Å²) in [5.74, 6) is 0.437. The van der Waals surface area contributed by atoms with Gasteiger partial charge in [-0.05, 0) is 31.7 Å². The maximum absolute atomic E-state index is 6.40. The summed E-state index contributed by atoms with van der Waals surface area (Å²) in [7, 11) is 1.90. The Labute approximate surface area is 131 Å². The zero-order valence-corrected chi connectivity index (χ0v) is 13.4. The quantitative estimate of drug-likeness (QED) is 0.885. The van der Waals surface area contributed by atoms with E-state index in [1.807, 2.05) is 14.0 Å². The maximum Gasteiger partial charge on any atom is 0.130 e. The molecule has 112 valence electrons. The van der Waals surface area contributed by atoms with Crippen LogP contribution < -0.4 is 5.32 Å². The lowest BCUT2D eigenvalue weighted by Gasteiger charge is -2.18.